The summed E-state index contributed by atoms with van der Waals surface area (Å²) in [5, 5.41) is 13.5. The Bertz CT molecular complexity index is 963. The van der Waals surface area contributed by atoms with Crippen molar-refractivity contribution in [3.8, 4) is 0 Å². The lowest BCUT2D eigenvalue weighted by molar-refractivity contribution is -0.161. The molecular weight excluding hydrogens is 374 g/mol. The zero-order valence-electron chi connectivity index (χ0n) is 17.9. The number of fused-ring (bicyclic) bond motifs is 4. The van der Waals surface area contributed by atoms with Gasteiger partial charge in [0.15, 0.2) is 0 Å². The summed E-state index contributed by atoms with van der Waals surface area (Å²) in [6.07, 6.45) is 12.7. The van der Waals surface area contributed by atoms with Gasteiger partial charge < -0.3 is 10.4 Å². The van der Waals surface area contributed by atoms with Gasteiger partial charge in [0, 0.05) is 11.3 Å². The normalized spacial score (nSPS) is 41.0. The number of hydrogen-bond acceptors (Lipinski definition) is 3. The van der Waals surface area contributed by atoms with E-state index in [4.69, 9.17) is 0 Å². The fraction of sp³-hybridized carbons (Fsp3) is 0.538. The molecule has 4 unspecified atom stereocenters. The second-order valence-corrected chi connectivity index (χ2v) is 10.3. The minimum atomic E-state index is -0.835. The van der Waals surface area contributed by atoms with Crippen molar-refractivity contribution in [1.29, 1.82) is 0 Å². The predicted octanol–water partition coefficient (Wildman–Crippen LogP) is 5.68. The fourth-order valence-electron chi connectivity index (χ4n) is 7.08. The van der Waals surface area contributed by atoms with Gasteiger partial charge in [0.1, 0.15) is 0 Å². The molecule has 0 saturated heterocycles. The molecule has 5 rings (SSSR count). The van der Waals surface area contributed by atoms with E-state index in [0.29, 0.717) is 35.4 Å². The molecule has 0 amide bonds. The van der Waals surface area contributed by atoms with Crippen molar-refractivity contribution in [2.75, 3.05) is 5.32 Å². The minimum absolute atomic E-state index is 0.0130. The Morgan fingerprint density at radius 1 is 1.17 bits per heavy atom. The topological polar surface area (TPSA) is 66.4 Å². The van der Waals surface area contributed by atoms with Crippen LogP contribution in [0, 0.1) is 34.5 Å². The highest BCUT2D eigenvalue weighted by atomic mass is 16.4. The molecule has 4 heteroatoms. The molecule has 4 nitrogen and oxygen atoms in total. The molecule has 158 valence electrons. The zero-order chi connectivity index (χ0) is 21.1. The highest BCUT2D eigenvalue weighted by Gasteiger charge is 2.57. The molecule has 1 aromatic rings. The molecule has 0 bridgehead atoms. The Morgan fingerprint density at radius 3 is 2.73 bits per heavy atom. The number of hydrogen-bond donors (Lipinski definition) is 2. The van der Waals surface area contributed by atoms with Crippen molar-refractivity contribution < 1.29 is 14.7 Å². The number of carboxylic acids is 1. The minimum Gasteiger partial charge on any atom is -0.481 e. The molecule has 0 radical (unpaired) electrons. The monoisotopic (exact) mass is 405 g/mol. The standard InChI is InChI=1S/C26H31NO3/c1-25-13-6-5-7-16(25)10-11-17-19(25)12-14-26(2,24(29)30)20(17)15-22-23(28)18-8-3-4-9-21(18)27-22/h3-6,8-9,15-17,19-20,27H,7,10-14H2,1-2H3,(H,29,30)/b22-15+/t16?,17?,19?,20?,25-,26-/m0/s1. The lowest BCUT2D eigenvalue weighted by Crippen LogP contribution is -2.54. The van der Waals surface area contributed by atoms with E-state index in [9.17, 15) is 14.7 Å². The van der Waals surface area contributed by atoms with Crippen molar-refractivity contribution in [3.63, 3.8) is 0 Å². The third-order valence-corrected chi connectivity index (χ3v) is 8.98. The van der Waals surface area contributed by atoms with Crippen LogP contribution in [0.2, 0.25) is 0 Å². The van der Waals surface area contributed by atoms with E-state index in [1.807, 2.05) is 37.3 Å². The van der Waals surface area contributed by atoms with Gasteiger partial charge in [-0.15, -0.1) is 0 Å². The number of nitrogens with one attached hydrogen (secondary N) is 1. The van der Waals surface area contributed by atoms with Gasteiger partial charge in [0.2, 0.25) is 5.78 Å². The molecule has 2 saturated carbocycles. The van der Waals surface area contributed by atoms with E-state index < -0.39 is 11.4 Å². The van der Waals surface area contributed by atoms with Gasteiger partial charge in [0.05, 0.1) is 11.1 Å². The smallest absolute Gasteiger partial charge is 0.309 e. The summed E-state index contributed by atoms with van der Waals surface area (Å²) in [6.45, 7) is 4.33. The van der Waals surface area contributed by atoms with Crippen LogP contribution in [0.4, 0.5) is 5.69 Å². The number of carbonyl (C=O) groups excluding carboxylic acids is 1. The predicted molar refractivity (Wildman–Crippen MR) is 117 cm³/mol. The quantitative estimate of drug-likeness (QED) is 0.491. The maximum absolute atomic E-state index is 13.0. The summed E-state index contributed by atoms with van der Waals surface area (Å²) < 4.78 is 0. The summed E-state index contributed by atoms with van der Waals surface area (Å²) in [5.74, 6) is 0.621. The SMILES string of the molecule is C[C@]12CC=CCC1CCC1C2CC[C@](C)(C(=O)O)C1/C=C1/Nc2ccccc2C1=O. The van der Waals surface area contributed by atoms with Crippen molar-refractivity contribution in [2.24, 2.45) is 34.5 Å². The van der Waals surface area contributed by atoms with Crippen LogP contribution in [0.15, 0.2) is 48.2 Å². The number of para-hydroxylation sites is 1. The van der Waals surface area contributed by atoms with Crippen LogP contribution in [0.3, 0.4) is 0 Å². The maximum atomic E-state index is 13.0. The van der Waals surface area contributed by atoms with Gasteiger partial charge >= 0.3 is 5.97 Å². The first-order chi connectivity index (χ1) is 14.3. The summed E-state index contributed by atoms with van der Waals surface area (Å²) in [4.78, 5) is 25.5. The highest BCUT2D eigenvalue weighted by Crippen LogP contribution is 2.62. The summed E-state index contributed by atoms with van der Waals surface area (Å²) in [7, 11) is 0. The van der Waals surface area contributed by atoms with Crippen molar-refractivity contribution in [1.82, 2.24) is 0 Å². The number of carbonyl (C=O) groups is 2. The van der Waals surface area contributed by atoms with E-state index in [-0.39, 0.29) is 17.1 Å². The van der Waals surface area contributed by atoms with Crippen LogP contribution < -0.4 is 5.32 Å². The second-order valence-electron chi connectivity index (χ2n) is 10.3. The van der Waals surface area contributed by atoms with Crippen LogP contribution in [0.25, 0.3) is 0 Å². The number of Topliss-reactive ketones (excluding diaryl/α,β-unsaturated/α-hetero) is 1. The number of carboxylic acid groups (broad SMARTS) is 1. The summed E-state index contributed by atoms with van der Waals surface area (Å²) >= 11 is 0. The van der Waals surface area contributed by atoms with E-state index in [0.717, 1.165) is 37.8 Å². The van der Waals surface area contributed by atoms with Crippen LogP contribution in [0.5, 0.6) is 0 Å². The molecule has 3 aliphatic carbocycles. The molecule has 1 aromatic carbocycles. The Kier molecular flexibility index (Phi) is 4.46. The van der Waals surface area contributed by atoms with E-state index >= 15 is 0 Å². The van der Waals surface area contributed by atoms with Crippen LogP contribution in [-0.2, 0) is 4.79 Å². The number of aliphatic carboxylic acids is 1. The summed E-state index contributed by atoms with van der Waals surface area (Å²) in [6, 6.07) is 7.54. The Morgan fingerprint density at radius 2 is 1.97 bits per heavy atom. The van der Waals surface area contributed by atoms with Crippen molar-refractivity contribution >= 4 is 17.4 Å². The van der Waals surface area contributed by atoms with Crippen molar-refractivity contribution in [3.05, 3.63) is 53.8 Å². The molecule has 1 heterocycles. The molecule has 1 aliphatic heterocycles. The van der Waals surface area contributed by atoms with Gasteiger partial charge in [0.25, 0.3) is 0 Å². The summed E-state index contributed by atoms with van der Waals surface area (Å²) in [5.41, 5.74) is 1.47. The van der Waals surface area contributed by atoms with Crippen molar-refractivity contribution in [2.45, 2.75) is 52.4 Å². The number of benzene rings is 1. The van der Waals surface area contributed by atoms with Gasteiger partial charge in [-0.1, -0.05) is 37.3 Å². The highest BCUT2D eigenvalue weighted by molar-refractivity contribution is 6.18. The third kappa shape index (κ3) is 2.72. The first-order valence-corrected chi connectivity index (χ1v) is 11.4. The average molecular weight is 406 g/mol. The first-order valence-electron chi connectivity index (χ1n) is 11.4. The molecule has 0 spiro atoms. The Balaban J connectivity index is 1.55. The fourth-order valence-corrected chi connectivity index (χ4v) is 7.08. The third-order valence-electron chi connectivity index (χ3n) is 8.98. The van der Waals surface area contributed by atoms with Crippen LogP contribution in [0.1, 0.15) is 62.7 Å². The van der Waals surface area contributed by atoms with Gasteiger partial charge in [-0.3, -0.25) is 9.59 Å². The zero-order valence-corrected chi connectivity index (χ0v) is 17.9. The number of allylic oxidation sites excluding steroid dienone is 4. The van der Waals surface area contributed by atoms with Gasteiger partial charge in [-0.25, -0.2) is 0 Å². The Labute approximate surface area is 178 Å². The molecule has 6 atom stereocenters. The maximum Gasteiger partial charge on any atom is 0.309 e. The van der Waals surface area contributed by atoms with Crippen LogP contribution in [-0.4, -0.2) is 16.9 Å². The molecule has 2 fully saturated rings. The van der Waals surface area contributed by atoms with E-state index in [2.05, 4.69) is 24.4 Å². The number of rotatable bonds is 2. The first kappa shape index (κ1) is 19.6. The molecule has 30 heavy (non-hydrogen) atoms. The molecular formula is C26H31NO3. The Hall–Kier alpha value is -2.36. The lowest BCUT2D eigenvalue weighted by Gasteiger charge is -2.59. The van der Waals surface area contributed by atoms with E-state index in [1.54, 1.807) is 0 Å². The van der Waals surface area contributed by atoms with E-state index in [1.165, 1.54) is 0 Å². The molecule has 0 aromatic heterocycles. The molecule has 4 aliphatic rings. The van der Waals surface area contributed by atoms with Gasteiger partial charge in [-0.2, -0.15) is 0 Å². The lowest BCUT2D eigenvalue weighted by atomic mass is 9.45. The number of ketones is 1. The van der Waals surface area contributed by atoms with Crippen LogP contribution >= 0.6 is 0 Å². The largest absolute Gasteiger partial charge is 0.481 e. The number of anilines is 1. The molecule has 2 N–H and O–H groups in total. The second kappa shape index (κ2) is 6.83. The average Bonchev–Trinajstić information content (AvgIpc) is 3.05. The van der Waals surface area contributed by atoms with Gasteiger partial charge in [-0.05, 0) is 86.7 Å².